The fourth-order valence-corrected chi connectivity index (χ4v) is 1.23. The van der Waals surface area contributed by atoms with Crippen molar-refractivity contribution >= 4 is 5.97 Å². The number of rotatable bonds is 3. The summed E-state index contributed by atoms with van der Waals surface area (Å²) < 4.78 is 25.0. The van der Waals surface area contributed by atoms with Crippen LogP contribution in [0.25, 0.3) is 0 Å². The van der Waals surface area contributed by atoms with E-state index >= 15 is 0 Å². The van der Waals surface area contributed by atoms with Crippen LogP contribution < -0.4 is 5.73 Å². The zero-order valence-corrected chi connectivity index (χ0v) is 8.08. The lowest BCUT2D eigenvalue weighted by Crippen LogP contribution is -2.20. The van der Waals surface area contributed by atoms with Gasteiger partial charge in [0.25, 0.3) is 6.43 Å². The summed E-state index contributed by atoms with van der Waals surface area (Å²) in [6, 6.07) is 2.77. The van der Waals surface area contributed by atoms with E-state index in [4.69, 9.17) is 10.8 Å². The van der Waals surface area contributed by atoms with Gasteiger partial charge < -0.3 is 10.8 Å². The number of halogens is 2. The van der Waals surface area contributed by atoms with Gasteiger partial charge in [-0.05, 0) is 24.1 Å². The highest BCUT2D eigenvalue weighted by Gasteiger charge is 2.17. The molecule has 0 aliphatic rings. The predicted octanol–water partition coefficient (Wildman–Crippen LogP) is 2.02. The summed E-state index contributed by atoms with van der Waals surface area (Å²) in [7, 11) is 0. The maximum atomic E-state index is 12.5. The molecule has 0 spiro atoms. The summed E-state index contributed by atoms with van der Waals surface area (Å²) in [5.74, 6) is -1.24. The molecule has 15 heavy (non-hydrogen) atoms. The van der Waals surface area contributed by atoms with E-state index in [0.717, 1.165) is 6.07 Å². The van der Waals surface area contributed by atoms with E-state index in [1.54, 1.807) is 0 Å². The molecule has 3 nitrogen and oxygen atoms in total. The smallest absolute Gasteiger partial charge is 0.325 e. The summed E-state index contributed by atoms with van der Waals surface area (Å²) in [4.78, 5) is 10.6. The van der Waals surface area contributed by atoms with Gasteiger partial charge in [0.15, 0.2) is 0 Å². The molecule has 1 unspecified atom stereocenters. The Morgan fingerprint density at radius 3 is 2.53 bits per heavy atom. The molecule has 0 heterocycles. The van der Waals surface area contributed by atoms with Crippen LogP contribution in [0.1, 0.15) is 29.2 Å². The average molecular weight is 215 g/mol. The second kappa shape index (κ2) is 4.35. The maximum Gasteiger partial charge on any atom is 0.325 e. The molecule has 0 aromatic heterocycles. The molecule has 0 saturated carbocycles. The third kappa shape index (κ3) is 2.50. The fourth-order valence-electron chi connectivity index (χ4n) is 1.23. The predicted molar refractivity (Wildman–Crippen MR) is 50.7 cm³/mol. The summed E-state index contributed by atoms with van der Waals surface area (Å²) in [5.41, 5.74) is 5.74. The van der Waals surface area contributed by atoms with Gasteiger partial charge in [0, 0.05) is 5.56 Å². The summed E-state index contributed by atoms with van der Waals surface area (Å²) in [5, 5.41) is 8.62. The Morgan fingerprint density at radius 2 is 2.07 bits per heavy atom. The van der Waals surface area contributed by atoms with Crippen LogP contribution in [0.4, 0.5) is 8.78 Å². The number of hydrogen-bond donors (Lipinski definition) is 2. The van der Waals surface area contributed by atoms with Gasteiger partial charge in [-0.3, -0.25) is 4.79 Å². The maximum absolute atomic E-state index is 12.5. The van der Waals surface area contributed by atoms with Gasteiger partial charge in [-0.2, -0.15) is 0 Å². The van der Waals surface area contributed by atoms with Crippen molar-refractivity contribution in [1.29, 1.82) is 0 Å². The molecule has 0 radical (unpaired) electrons. The van der Waals surface area contributed by atoms with E-state index in [9.17, 15) is 13.6 Å². The molecule has 3 N–H and O–H groups in total. The van der Waals surface area contributed by atoms with Gasteiger partial charge in [-0.25, -0.2) is 8.78 Å². The first-order valence-corrected chi connectivity index (χ1v) is 4.30. The third-order valence-corrected chi connectivity index (χ3v) is 2.16. The van der Waals surface area contributed by atoms with Crippen LogP contribution in [-0.4, -0.2) is 11.1 Å². The van der Waals surface area contributed by atoms with Gasteiger partial charge >= 0.3 is 5.97 Å². The number of nitrogens with two attached hydrogens (primary N) is 1. The largest absolute Gasteiger partial charge is 0.480 e. The monoisotopic (exact) mass is 215 g/mol. The van der Waals surface area contributed by atoms with Crippen LogP contribution in [0.3, 0.4) is 0 Å². The van der Waals surface area contributed by atoms with E-state index in [-0.39, 0.29) is 11.1 Å². The third-order valence-electron chi connectivity index (χ3n) is 2.16. The van der Waals surface area contributed by atoms with Crippen molar-refractivity contribution in [1.82, 2.24) is 0 Å². The minimum absolute atomic E-state index is 0.177. The Balaban J connectivity index is 3.13. The van der Waals surface area contributed by atoms with E-state index in [2.05, 4.69) is 0 Å². The average Bonchev–Trinajstić information content (AvgIpc) is 2.16. The lowest BCUT2D eigenvalue weighted by atomic mass is 10.0. The molecule has 1 rings (SSSR count). The Bertz CT molecular complexity index is 380. The number of alkyl halides is 2. The van der Waals surface area contributed by atoms with Gasteiger partial charge in [-0.1, -0.05) is 12.1 Å². The molecular weight excluding hydrogens is 204 g/mol. The Kier molecular flexibility index (Phi) is 3.36. The molecular formula is C10H11F2NO2. The Morgan fingerprint density at radius 1 is 1.47 bits per heavy atom. The number of benzene rings is 1. The molecule has 0 fully saturated rings. The van der Waals surface area contributed by atoms with Crippen molar-refractivity contribution in [2.24, 2.45) is 5.73 Å². The Labute approximate surface area is 85.5 Å². The van der Waals surface area contributed by atoms with E-state index in [1.807, 2.05) is 0 Å². The molecule has 5 heteroatoms. The van der Waals surface area contributed by atoms with Crippen LogP contribution in [-0.2, 0) is 4.79 Å². The van der Waals surface area contributed by atoms with Crippen molar-refractivity contribution in [2.45, 2.75) is 19.4 Å². The highest BCUT2D eigenvalue weighted by Crippen LogP contribution is 2.25. The highest BCUT2D eigenvalue weighted by molar-refractivity contribution is 5.75. The molecule has 1 aromatic rings. The zero-order valence-electron chi connectivity index (χ0n) is 8.08. The number of carbonyl (C=O) groups is 1. The van der Waals surface area contributed by atoms with Crippen molar-refractivity contribution in [3.8, 4) is 0 Å². The van der Waals surface area contributed by atoms with Gasteiger partial charge in [0.05, 0.1) is 0 Å². The summed E-state index contributed by atoms with van der Waals surface area (Å²) >= 11 is 0. The molecule has 1 atom stereocenters. The molecule has 82 valence electrons. The van der Waals surface area contributed by atoms with Crippen LogP contribution in [0.15, 0.2) is 18.2 Å². The zero-order chi connectivity index (χ0) is 11.6. The summed E-state index contributed by atoms with van der Waals surface area (Å²) in [6.45, 7) is 1.54. The SMILES string of the molecule is Cc1ccc(C(N)C(=O)O)cc1C(F)F. The second-order valence-electron chi connectivity index (χ2n) is 3.23. The van der Waals surface area contributed by atoms with Gasteiger partial charge in [-0.15, -0.1) is 0 Å². The van der Waals surface area contributed by atoms with Crippen molar-refractivity contribution in [3.63, 3.8) is 0 Å². The van der Waals surface area contributed by atoms with Crippen LogP contribution in [0, 0.1) is 6.92 Å². The number of aryl methyl sites for hydroxylation is 1. The first kappa shape index (κ1) is 11.6. The number of carboxylic acids is 1. The second-order valence-corrected chi connectivity index (χ2v) is 3.23. The van der Waals surface area contributed by atoms with Crippen LogP contribution in [0.5, 0.6) is 0 Å². The quantitative estimate of drug-likeness (QED) is 0.810. The number of hydrogen-bond acceptors (Lipinski definition) is 2. The molecule has 1 aromatic carbocycles. The minimum Gasteiger partial charge on any atom is -0.480 e. The van der Waals surface area contributed by atoms with Crippen molar-refractivity contribution in [3.05, 3.63) is 34.9 Å². The van der Waals surface area contributed by atoms with E-state index in [1.165, 1.54) is 19.1 Å². The van der Waals surface area contributed by atoms with Gasteiger partial charge in [0.2, 0.25) is 0 Å². The van der Waals surface area contributed by atoms with E-state index in [0.29, 0.717) is 5.56 Å². The molecule has 0 aliphatic heterocycles. The molecule has 0 aliphatic carbocycles. The summed E-state index contributed by atoms with van der Waals surface area (Å²) in [6.07, 6.45) is -2.62. The van der Waals surface area contributed by atoms with Crippen molar-refractivity contribution < 1.29 is 18.7 Å². The topological polar surface area (TPSA) is 63.3 Å². The van der Waals surface area contributed by atoms with Crippen LogP contribution in [0.2, 0.25) is 0 Å². The lowest BCUT2D eigenvalue weighted by molar-refractivity contribution is -0.138. The number of carboxylic acid groups (broad SMARTS) is 1. The van der Waals surface area contributed by atoms with Crippen LogP contribution >= 0.6 is 0 Å². The highest BCUT2D eigenvalue weighted by atomic mass is 19.3. The molecule has 0 bridgehead atoms. The Hall–Kier alpha value is -1.49. The lowest BCUT2D eigenvalue weighted by Gasteiger charge is -2.10. The van der Waals surface area contributed by atoms with Gasteiger partial charge in [0.1, 0.15) is 6.04 Å². The molecule has 0 amide bonds. The number of aliphatic carboxylic acids is 1. The fraction of sp³-hybridized carbons (Fsp3) is 0.300. The minimum atomic E-state index is -2.62. The molecule has 0 saturated heterocycles. The van der Waals surface area contributed by atoms with E-state index < -0.39 is 18.4 Å². The first-order valence-electron chi connectivity index (χ1n) is 4.30. The standard InChI is InChI=1S/C10H11F2NO2/c1-5-2-3-6(8(13)10(14)15)4-7(5)9(11)12/h2-4,8-9H,13H2,1H3,(H,14,15). The first-order chi connectivity index (χ1) is 6.93. The normalized spacial score (nSPS) is 12.9. The van der Waals surface area contributed by atoms with Crippen molar-refractivity contribution in [2.75, 3.05) is 0 Å².